The van der Waals surface area contributed by atoms with Crippen LogP contribution in [0.25, 0.3) is 0 Å². The van der Waals surface area contributed by atoms with Crippen LogP contribution in [0.3, 0.4) is 0 Å². The predicted molar refractivity (Wildman–Crippen MR) is 91.5 cm³/mol. The van der Waals surface area contributed by atoms with Crippen LogP contribution in [0.1, 0.15) is 16.8 Å². The van der Waals surface area contributed by atoms with E-state index in [9.17, 15) is 13.2 Å². The van der Waals surface area contributed by atoms with E-state index < -0.39 is 17.5 Å². The maximum Gasteiger partial charge on any atom is 0.221 e. The Kier molecular flexibility index (Phi) is 4.92. The Hall–Kier alpha value is -3.29. The number of hydrogen-bond donors (Lipinski definition) is 1. The second-order valence-corrected chi connectivity index (χ2v) is 5.54. The number of anilines is 1. The monoisotopic (exact) mass is 360 g/mol. The third-order valence-corrected chi connectivity index (χ3v) is 3.52. The van der Waals surface area contributed by atoms with E-state index in [0.717, 1.165) is 12.1 Å². The summed E-state index contributed by atoms with van der Waals surface area (Å²) in [5, 5.41) is 4.09. The van der Waals surface area contributed by atoms with Gasteiger partial charge in [0.05, 0.1) is 18.1 Å². The quantitative estimate of drug-likeness (QED) is 0.707. The molecule has 0 bridgehead atoms. The molecule has 0 saturated heterocycles. The Morgan fingerprint density at radius 2 is 1.96 bits per heavy atom. The van der Waals surface area contributed by atoms with Gasteiger partial charge in [0.15, 0.2) is 11.6 Å². The Morgan fingerprint density at radius 1 is 1.15 bits per heavy atom. The third-order valence-electron chi connectivity index (χ3n) is 3.52. The van der Waals surface area contributed by atoms with Gasteiger partial charge in [-0.3, -0.25) is 0 Å². The maximum absolute atomic E-state index is 14.1. The molecule has 1 aromatic heterocycles. The van der Waals surface area contributed by atoms with Gasteiger partial charge in [0.2, 0.25) is 5.95 Å². The first-order valence-electron chi connectivity index (χ1n) is 7.64. The SMILES string of the molecule is Cc1cn(N=Cc2ccc(OCc3ccc(F)cc3F)c(F)c2)c(N)n1. The zero-order valence-electron chi connectivity index (χ0n) is 13.8. The normalized spacial score (nSPS) is 11.2. The number of hydrogen-bond acceptors (Lipinski definition) is 4. The molecule has 0 aliphatic heterocycles. The van der Waals surface area contributed by atoms with Crippen molar-refractivity contribution in [3.8, 4) is 5.75 Å². The fourth-order valence-electron chi connectivity index (χ4n) is 2.23. The fraction of sp³-hybridized carbons (Fsp3) is 0.111. The van der Waals surface area contributed by atoms with E-state index in [1.54, 1.807) is 19.2 Å². The van der Waals surface area contributed by atoms with Crippen LogP contribution < -0.4 is 10.5 Å². The van der Waals surface area contributed by atoms with Gasteiger partial charge in [-0.05, 0) is 42.8 Å². The largest absolute Gasteiger partial charge is 0.486 e. The molecule has 0 aliphatic rings. The smallest absolute Gasteiger partial charge is 0.221 e. The van der Waals surface area contributed by atoms with Crippen LogP contribution in [0.2, 0.25) is 0 Å². The van der Waals surface area contributed by atoms with E-state index in [4.69, 9.17) is 10.5 Å². The summed E-state index contributed by atoms with van der Waals surface area (Å²) in [6.45, 7) is 1.56. The molecule has 0 spiro atoms. The zero-order chi connectivity index (χ0) is 18.7. The lowest BCUT2D eigenvalue weighted by molar-refractivity contribution is 0.284. The first kappa shape index (κ1) is 17.5. The average molecular weight is 360 g/mol. The van der Waals surface area contributed by atoms with E-state index >= 15 is 0 Å². The van der Waals surface area contributed by atoms with Crippen molar-refractivity contribution in [1.29, 1.82) is 0 Å². The van der Waals surface area contributed by atoms with Gasteiger partial charge in [0.25, 0.3) is 0 Å². The molecule has 5 nitrogen and oxygen atoms in total. The highest BCUT2D eigenvalue weighted by molar-refractivity contribution is 5.79. The van der Waals surface area contributed by atoms with Crippen LogP contribution in [0.5, 0.6) is 5.75 Å². The molecule has 1 heterocycles. The topological polar surface area (TPSA) is 65.4 Å². The van der Waals surface area contributed by atoms with Crippen LogP contribution in [-0.2, 0) is 6.61 Å². The van der Waals surface area contributed by atoms with Crippen LogP contribution in [0.15, 0.2) is 47.7 Å². The van der Waals surface area contributed by atoms with Crippen LogP contribution >= 0.6 is 0 Å². The Morgan fingerprint density at radius 3 is 2.62 bits per heavy atom. The van der Waals surface area contributed by atoms with Crippen molar-refractivity contribution in [3.05, 3.63) is 76.9 Å². The van der Waals surface area contributed by atoms with Crippen LogP contribution in [0.4, 0.5) is 19.1 Å². The standard InChI is InChI=1S/C18H15F3N4O/c1-11-9-25(18(22)24-11)23-8-12-2-5-17(16(21)6-12)26-10-13-3-4-14(19)7-15(13)20/h2-9H,10H2,1H3,(H2,22,24). The Bertz CT molecular complexity index is 969. The molecule has 8 heteroatoms. The molecule has 0 saturated carbocycles. The number of nitrogens with two attached hydrogens (primary N) is 1. The minimum Gasteiger partial charge on any atom is -0.486 e. The maximum atomic E-state index is 14.1. The highest BCUT2D eigenvalue weighted by atomic mass is 19.1. The summed E-state index contributed by atoms with van der Waals surface area (Å²) < 4.78 is 47.2. The minimum atomic E-state index is -0.748. The number of halogens is 3. The predicted octanol–water partition coefficient (Wildman–Crippen LogP) is 3.65. The van der Waals surface area contributed by atoms with Crippen molar-refractivity contribution in [2.75, 3.05) is 5.73 Å². The number of ether oxygens (including phenoxy) is 1. The molecular formula is C18H15F3N4O. The van der Waals surface area contributed by atoms with Gasteiger partial charge in [-0.2, -0.15) is 5.10 Å². The van der Waals surface area contributed by atoms with Crippen LogP contribution in [0, 0.1) is 24.4 Å². The molecule has 134 valence electrons. The van der Waals surface area contributed by atoms with Crippen molar-refractivity contribution in [2.24, 2.45) is 5.10 Å². The third kappa shape index (κ3) is 4.02. The second-order valence-electron chi connectivity index (χ2n) is 5.54. The van der Waals surface area contributed by atoms with Crippen molar-refractivity contribution in [2.45, 2.75) is 13.5 Å². The summed E-state index contributed by atoms with van der Waals surface area (Å²) in [6.07, 6.45) is 3.06. The molecule has 0 radical (unpaired) electrons. The molecule has 2 N–H and O–H groups in total. The molecule has 0 atom stereocenters. The molecule has 0 fully saturated rings. The summed E-state index contributed by atoms with van der Waals surface area (Å²) in [4.78, 5) is 4.00. The van der Waals surface area contributed by atoms with Gasteiger partial charge in [0, 0.05) is 11.6 Å². The van der Waals surface area contributed by atoms with Crippen molar-refractivity contribution < 1.29 is 17.9 Å². The van der Waals surface area contributed by atoms with E-state index in [2.05, 4.69) is 10.1 Å². The number of aromatic nitrogens is 2. The summed E-state index contributed by atoms with van der Waals surface area (Å²) in [5.41, 5.74) is 6.98. The summed E-state index contributed by atoms with van der Waals surface area (Å²) >= 11 is 0. The second kappa shape index (κ2) is 7.30. The summed E-state index contributed by atoms with van der Waals surface area (Å²) in [7, 11) is 0. The molecule has 0 unspecified atom stereocenters. The number of nitrogen functional groups attached to an aromatic ring is 1. The van der Waals surface area contributed by atoms with Gasteiger partial charge in [-0.1, -0.05) is 0 Å². The number of benzene rings is 2. The average Bonchev–Trinajstić information content (AvgIpc) is 2.91. The lowest BCUT2D eigenvalue weighted by Crippen LogP contribution is -2.01. The first-order valence-corrected chi connectivity index (χ1v) is 7.64. The van der Waals surface area contributed by atoms with Crippen molar-refractivity contribution >= 4 is 12.2 Å². The van der Waals surface area contributed by atoms with Gasteiger partial charge in [-0.15, -0.1) is 0 Å². The fourth-order valence-corrected chi connectivity index (χ4v) is 2.23. The zero-order valence-corrected chi connectivity index (χ0v) is 13.8. The van der Waals surface area contributed by atoms with Crippen molar-refractivity contribution in [1.82, 2.24) is 9.66 Å². The number of rotatable bonds is 5. The van der Waals surface area contributed by atoms with E-state index in [0.29, 0.717) is 11.3 Å². The molecule has 3 rings (SSSR count). The lowest BCUT2D eigenvalue weighted by Gasteiger charge is -2.08. The highest BCUT2D eigenvalue weighted by Crippen LogP contribution is 2.20. The van der Waals surface area contributed by atoms with E-state index in [1.165, 1.54) is 29.1 Å². The molecule has 2 aromatic carbocycles. The van der Waals surface area contributed by atoms with E-state index in [1.807, 2.05) is 0 Å². The van der Waals surface area contributed by atoms with E-state index in [-0.39, 0.29) is 23.9 Å². The van der Waals surface area contributed by atoms with Gasteiger partial charge in [-0.25, -0.2) is 22.8 Å². The summed E-state index contributed by atoms with van der Waals surface area (Å²) in [5.74, 6) is -1.90. The van der Waals surface area contributed by atoms with Crippen molar-refractivity contribution in [3.63, 3.8) is 0 Å². The Balaban J connectivity index is 1.70. The molecular weight excluding hydrogens is 345 g/mol. The highest BCUT2D eigenvalue weighted by Gasteiger charge is 2.08. The van der Waals surface area contributed by atoms with Gasteiger partial charge in [0.1, 0.15) is 18.2 Å². The lowest BCUT2D eigenvalue weighted by atomic mass is 10.2. The molecule has 0 aliphatic carbocycles. The number of nitrogens with zero attached hydrogens (tertiary/aromatic N) is 3. The minimum absolute atomic E-state index is 0.0520. The number of aryl methyl sites for hydroxylation is 1. The Labute approximate surface area is 147 Å². The van der Waals surface area contributed by atoms with Gasteiger partial charge >= 0.3 is 0 Å². The first-order chi connectivity index (χ1) is 12.4. The van der Waals surface area contributed by atoms with Gasteiger partial charge < -0.3 is 10.5 Å². The molecule has 26 heavy (non-hydrogen) atoms. The summed E-state index contributed by atoms with van der Waals surface area (Å²) in [6, 6.07) is 7.32. The molecule has 3 aromatic rings. The van der Waals surface area contributed by atoms with Crippen LogP contribution in [-0.4, -0.2) is 15.9 Å². The molecule has 0 amide bonds. The number of imidazole rings is 1.